The third-order valence-electron chi connectivity index (χ3n) is 2.48. The van der Waals surface area contributed by atoms with Crippen LogP contribution in [0, 0.1) is 0 Å². The van der Waals surface area contributed by atoms with Crippen molar-refractivity contribution in [2.24, 2.45) is 5.73 Å². The van der Waals surface area contributed by atoms with E-state index in [2.05, 4.69) is 0 Å². The number of hydrogen-bond acceptors (Lipinski definition) is 5. The Hall–Kier alpha value is -1.37. The highest BCUT2D eigenvalue weighted by molar-refractivity contribution is 5.91. The number of furan rings is 1. The molecule has 1 heterocycles. The predicted molar refractivity (Wildman–Crippen MR) is 66.1 cm³/mol. The van der Waals surface area contributed by atoms with Crippen molar-refractivity contribution < 1.29 is 19.1 Å². The minimum Gasteiger partial charge on any atom is -0.455 e. The van der Waals surface area contributed by atoms with Gasteiger partial charge in [-0.1, -0.05) is 0 Å². The molecule has 0 saturated carbocycles. The Labute approximate surface area is 106 Å². The number of carbonyl (C=O) groups excluding carboxylic acids is 1. The normalized spacial score (nSPS) is 10.6. The van der Waals surface area contributed by atoms with Gasteiger partial charge in [0.05, 0.1) is 26.4 Å². The lowest BCUT2D eigenvalue weighted by molar-refractivity contribution is 0.0556. The Bertz CT molecular complexity index is 365. The molecular formula is C12H20N2O4. The van der Waals surface area contributed by atoms with Crippen LogP contribution in [0.15, 0.2) is 16.5 Å². The number of likely N-dealkylation sites (N-methyl/N-ethyl adjacent to an activating group) is 1. The van der Waals surface area contributed by atoms with Crippen LogP contribution in [0.25, 0.3) is 0 Å². The molecule has 0 aliphatic carbocycles. The molecular weight excluding hydrogens is 236 g/mol. The second kappa shape index (κ2) is 7.86. The predicted octanol–water partition coefficient (Wildman–Crippen LogP) is 0.209. The lowest BCUT2D eigenvalue weighted by Crippen LogP contribution is -2.33. The van der Waals surface area contributed by atoms with Gasteiger partial charge in [0.15, 0.2) is 5.76 Å². The van der Waals surface area contributed by atoms with Gasteiger partial charge in [0, 0.05) is 13.1 Å². The maximum absolute atomic E-state index is 12.1. The van der Waals surface area contributed by atoms with Gasteiger partial charge >= 0.3 is 0 Å². The minimum atomic E-state index is -0.176. The number of amides is 1. The number of nitrogens with zero attached hydrogens (tertiary/aromatic N) is 1. The first-order chi connectivity index (χ1) is 8.72. The molecule has 0 aliphatic heterocycles. The van der Waals surface area contributed by atoms with Crippen LogP contribution < -0.4 is 5.73 Å². The molecule has 1 rings (SSSR count). The van der Waals surface area contributed by atoms with Gasteiger partial charge < -0.3 is 24.9 Å². The summed E-state index contributed by atoms with van der Waals surface area (Å²) in [6.45, 7) is 3.86. The van der Waals surface area contributed by atoms with E-state index in [1.54, 1.807) is 17.0 Å². The van der Waals surface area contributed by atoms with Gasteiger partial charge in [-0.2, -0.15) is 0 Å². The first-order valence-corrected chi connectivity index (χ1v) is 5.99. The molecule has 0 saturated heterocycles. The van der Waals surface area contributed by atoms with Gasteiger partial charge in [-0.05, 0) is 19.1 Å². The van der Waals surface area contributed by atoms with Crippen LogP contribution in [-0.4, -0.2) is 48.8 Å². The first-order valence-electron chi connectivity index (χ1n) is 5.99. The fourth-order valence-electron chi connectivity index (χ4n) is 1.50. The number of carbonyl (C=O) groups is 1. The van der Waals surface area contributed by atoms with E-state index in [1.165, 1.54) is 0 Å². The third-order valence-corrected chi connectivity index (χ3v) is 2.48. The van der Waals surface area contributed by atoms with Crippen LogP contribution in [0.4, 0.5) is 0 Å². The molecule has 18 heavy (non-hydrogen) atoms. The number of rotatable bonds is 8. The van der Waals surface area contributed by atoms with Crippen molar-refractivity contribution in [3.05, 3.63) is 23.7 Å². The molecule has 6 nitrogen and oxygen atoms in total. The number of ether oxygens (including phenoxy) is 1. The summed E-state index contributed by atoms with van der Waals surface area (Å²) in [6, 6.07) is 3.32. The zero-order chi connectivity index (χ0) is 13.4. The molecule has 0 atom stereocenters. The molecule has 0 fully saturated rings. The summed E-state index contributed by atoms with van der Waals surface area (Å²) in [5.74, 6) is 0.704. The van der Waals surface area contributed by atoms with Gasteiger partial charge in [0.1, 0.15) is 5.76 Å². The summed E-state index contributed by atoms with van der Waals surface area (Å²) in [6.07, 6.45) is 0. The largest absolute Gasteiger partial charge is 0.455 e. The molecule has 102 valence electrons. The summed E-state index contributed by atoms with van der Waals surface area (Å²) in [7, 11) is 0. The third kappa shape index (κ3) is 4.14. The molecule has 0 unspecified atom stereocenters. The fourth-order valence-corrected chi connectivity index (χ4v) is 1.50. The van der Waals surface area contributed by atoms with E-state index < -0.39 is 0 Å². The Morgan fingerprint density at radius 1 is 1.50 bits per heavy atom. The SMILES string of the molecule is CCN(CCOCCO)C(=O)c1ccc(CN)o1. The Morgan fingerprint density at radius 2 is 2.28 bits per heavy atom. The van der Waals surface area contributed by atoms with Crippen LogP contribution in [-0.2, 0) is 11.3 Å². The Kier molecular flexibility index (Phi) is 6.42. The van der Waals surface area contributed by atoms with Crippen molar-refractivity contribution in [1.29, 1.82) is 0 Å². The van der Waals surface area contributed by atoms with E-state index in [-0.39, 0.29) is 25.7 Å². The lowest BCUT2D eigenvalue weighted by Gasteiger charge is -2.19. The van der Waals surface area contributed by atoms with Crippen LogP contribution in [0.1, 0.15) is 23.2 Å². The number of nitrogens with two attached hydrogens (primary N) is 1. The van der Waals surface area contributed by atoms with Crippen molar-refractivity contribution in [3.8, 4) is 0 Å². The highest BCUT2D eigenvalue weighted by Gasteiger charge is 2.17. The van der Waals surface area contributed by atoms with Crippen molar-refractivity contribution in [2.45, 2.75) is 13.5 Å². The quantitative estimate of drug-likeness (QED) is 0.649. The van der Waals surface area contributed by atoms with E-state index in [0.717, 1.165) is 0 Å². The molecule has 1 aromatic rings. The van der Waals surface area contributed by atoms with Crippen LogP contribution in [0.5, 0.6) is 0 Å². The van der Waals surface area contributed by atoms with Crippen molar-refractivity contribution in [2.75, 3.05) is 32.9 Å². The topological polar surface area (TPSA) is 88.9 Å². The second-order valence-corrected chi connectivity index (χ2v) is 3.69. The molecule has 0 aliphatic rings. The molecule has 6 heteroatoms. The lowest BCUT2D eigenvalue weighted by atomic mass is 10.3. The van der Waals surface area contributed by atoms with E-state index in [9.17, 15) is 4.79 Å². The average molecular weight is 256 g/mol. The summed E-state index contributed by atoms with van der Waals surface area (Å²) in [5, 5.41) is 8.57. The highest BCUT2D eigenvalue weighted by atomic mass is 16.5. The van der Waals surface area contributed by atoms with E-state index >= 15 is 0 Å². The van der Waals surface area contributed by atoms with Crippen molar-refractivity contribution in [1.82, 2.24) is 4.90 Å². The number of hydrogen-bond donors (Lipinski definition) is 2. The summed E-state index contributed by atoms with van der Waals surface area (Å²) < 4.78 is 10.4. The van der Waals surface area contributed by atoms with E-state index in [1.807, 2.05) is 6.92 Å². The van der Waals surface area contributed by atoms with Gasteiger partial charge in [-0.25, -0.2) is 0 Å². The minimum absolute atomic E-state index is 0.0158. The summed E-state index contributed by atoms with van der Waals surface area (Å²) in [5.41, 5.74) is 5.42. The fraction of sp³-hybridized carbons (Fsp3) is 0.583. The first kappa shape index (κ1) is 14.7. The number of aliphatic hydroxyl groups is 1. The van der Waals surface area contributed by atoms with Crippen LogP contribution in [0.2, 0.25) is 0 Å². The molecule has 0 aromatic carbocycles. The van der Waals surface area contributed by atoms with Crippen molar-refractivity contribution >= 4 is 5.91 Å². The molecule has 0 radical (unpaired) electrons. The molecule has 0 bridgehead atoms. The van der Waals surface area contributed by atoms with Crippen LogP contribution >= 0.6 is 0 Å². The van der Waals surface area contributed by atoms with E-state index in [0.29, 0.717) is 31.2 Å². The smallest absolute Gasteiger partial charge is 0.289 e. The monoisotopic (exact) mass is 256 g/mol. The second-order valence-electron chi connectivity index (χ2n) is 3.69. The van der Waals surface area contributed by atoms with E-state index in [4.69, 9.17) is 20.0 Å². The summed E-state index contributed by atoms with van der Waals surface area (Å²) in [4.78, 5) is 13.7. The Morgan fingerprint density at radius 3 is 2.83 bits per heavy atom. The molecule has 1 aromatic heterocycles. The maximum atomic E-state index is 12.1. The summed E-state index contributed by atoms with van der Waals surface area (Å²) >= 11 is 0. The van der Waals surface area contributed by atoms with Crippen LogP contribution in [0.3, 0.4) is 0 Å². The number of aliphatic hydroxyl groups excluding tert-OH is 1. The standard InChI is InChI=1S/C12H20N2O4/c1-2-14(5-7-17-8-6-15)12(16)11-4-3-10(9-13)18-11/h3-4,15H,2,5-9,13H2,1H3. The zero-order valence-corrected chi connectivity index (χ0v) is 10.6. The maximum Gasteiger partial charge on any atom is 0.289 e. The van der Waals surface area contributed by atoms with Gasteiger partial charge in [0.2, 0.25) is 0 Å². The highest BCUT2D eigenvalue weighted by Crippen LogP contribution is 2.10. The van der Waals surface area contributed by atoms with Gasteiger partial charge in [-0.15, -0.1) is 0 Å². The zero-order valence-electron chi connectivity index (χ0n) is 10.6. The molecule has 0 spiro atoms. The van der Waals surface area contributed by atoms with Gasteiger partial charge in [0.25, 0.3) is 5.91 Å². The molecule has 1 amide bonds. The van der Waals surface area contributed by atoms with Crippen molar-refractivity contribution in [3.63, 3.8) is 0 Å². The molecule has 3 N–H and O–H groups in total. The average Bonchev–Trinajstić information content (AvgIpc) is 2.87. The van der Waals surface area contributed by atoms with Gasteiger partial charge in [-0.3, -0.25) is 4.79 Å². The Balaban J connectivity index is 2.50.